The van der Waals surface area contributed by atoms with Gasteiger partial charge in [0.15, 0.2) is 0 Å². The van der Waals surface area contributed by atoms with Gasteiger partial charge < -0.3 is 9.67 Å². The summed E-state index contributed by atoms with van der Waals surface area (Å²) in [6.45, 7) is 0.591. The van der Waals surface area contributed by atoms with Crippen LogP contribution in [-0.4, -0.2) is 26.5 Å². The van der Waals surface area contributed by atoms with Gasteiger partial charge in [0.05, 0.1) is 19.0 Å². The van der Waals surface area contributed by atoms with Crippen LogP contribution in [0.4, 0.5) is 0 Å². The van der Waals surface area contributed by atoms with Crippen molar-refractivity contribution in [2.24, 2.45) is 0 Å². The van der Waals surface area contributed by atoms with Gasteiger partial charge >= 0.3 is 0 Å². The maximum Gasteiger partial charge on any atom is 0.0946 e. The predicted octanol–water partition coefficient (Wildman–Crippen LogP) is 2.83. The zero-order valence-corrected chi connectivity index (χ0v) is 11.4. The average molecular weight is 283 g/mol. The van der Waals surface area contributed by atoms with Crippen molar-refractivity contribution in [2.75, 3.05) is 5.75 Å². The molecular formula is C13H15ClN2OS. The molecule has 18 heavy (non-hydrogen) atoms. The summed E-state index contributed by atoms with van der Waals surface area (Å²) in [6, 6.07) is 7.80. The fourth-order valence-corrected chi connectivity index (χ4v) is 2.63. The molecule has 0 aliphatic rings. The number of hydrogen-bond donors (Lipinski definition) is 1. The summed E-state index contributed by atoms with van der Waals surface area (Å²) in [4.78, 5) is 3.94. The quantitative estimate of drug-likeness (QED) is 0.885. The second kappa shape index (κ2) is 6.83. The van der Waals surface area contributed by atoms with Crippen molar-refractivity contribution in [2.45, 2.75) is 18.4 Å². The number of aliphatic hydroxyl groups excluding tert-OH is 1. The fourth-order valence-electron chi connectivity index (χ4n) is 1.58. The molecule has 96 valence electrons. The number of aromatic nitrogens is 2. The molecule has 0 bridgehead atoms. The van der Waals surface area contributed by atoms with E-state index in [0.717, 1.165) is 10.8 Å². The molecule has 0 saturated heterocycles. The molecule has 0 amide bonds. The number of halogens is 1. The molecule has 0 radical (unpaired) electrons. The second-order valence-corrected chi connectivity index (χ2v) is 5.52. The summed E-state index contributed by atoms with van der Waals surface area (Å²) in [5.41, 5.74) is 1.22. The zero-order chi connectivity index (χ0) is 12.8. The first-order chi connectivity index (χ1) is 8.74. The van der Waals surface area contributed by atoms with Crippen molar-refractivity contribution >= 4 is 23.4 Å². The van der Waals surface area contributed by atoms with Gasteiger partial charge in [-0.25, -0.2) is 4.98 Å². The molecule has 0 aliphatic heterocycles. The molecule has 1 aromatic heterocycles. The van der Waals surface area contributed by atoms with Gasteiger partial charge in [0.25, 0.3) is 0 Å². The van der Waals surface area contributed by atoms with Crippen LogP contribution in [0.5, 0.6) is 0 Å². The minimum absolute atomic E-state index is 0.350. The first-order valence-electron chi connectivity index (χ1n) is 5.70. The summed E-state index contributed by atoms with van der Waals surface area (Å²) < 4.78 is 1.88. The van der Waals surface area contributed by atoms with Crippen LogP contribution in [0.1, 0.15) is 5.56 Å². The van der Waals surface area contributed by atoms with Gasteiger partial charge in [0, 0.05) is 28.9 Å². The average Bonchev–Trinajstić information content (AvgIpc) is 2.84. The van der Waals surface area contributed by atoms with Crippen molar-refractivity contribution in [3.05, 3.63) is 53.6 Å². The Morgan fingerprint density at radius 3 is 2.78 bits per heavy atom. The highest BCUT2D eigenvalue weighted by atomic mass is 35.5. The van der Waals surface area contributed by atoms with Crippen LogP contribution in [0.2, 0.25) is 5.02 Å². The Morgan fingerprint density at radius 2 is 2.11 bits per heavy atom. The van der Waals surface area contributed by atoms with Crippen LogP contribution in [0.25, 0.3) is 0 Å². The van der Waals surface area contributed by atoms with Gasteiger partial charge in [-0.15, -0.1) is 0 Å². The number of benzene rings is 1. The third-order valence-electron chi connectivity index (χ3n) is 2.47. The Kier molecular flexibility index (Phi) is 5.11. The first kappa shape index (κ1) is 13.5. The van der Waals surface area contributed by atoms with E-state index in [9.17, 15) is 5.11 Å². The minimum atomic E-state index is -0.350. The molecule has 1 unspecified atom stereocenters. The monoisotopic (exact) mass is 282 g/mol. The van der Waals surface area contributed by atoms with Crippen LogP contribution in [0, 0.1) is 0 Å². The number of nitrogens with zero attached hydrogens (tertiary/aromatic N) is 2. The summed E-state index contributed by atoms with van der Waals surface area (Å²) >= 11 is 7.54. The topological polar surface area (TPSA) is 38.0 Å². The number of thioether (sulfide) groups is 1. The van der Waals surface area contributed by atoms with E-state index >= 15 is 0 Å². The van der Waals surface area contributed by atoms with E-state index in [1.807, 2.05) is 35.0 Å². The molecular weight excluding hydrogens is 268 g/mol. The fraction of sp³-hybridized carbons (Fsp3) is 0.308. The highest BCUT2D eigenvalue weighted by Crippen LogP contribution is 2.16. The van der Waals surface area contributed by atoms with Gasteiger partial charge in [-0.3, -0.25) is 0 Å². The lowest BCUT2D eigenvalue weighted by Gasteiger charge is -2.10. The predicted molar refractivity (Wildman–Crippen MR) is 75.8 cm³/mol. The molecule has 3 nitrogen and oxygen atoms in total. The molecule has 0 spiro atoms. The molecule has 5 heteroatoms. The van der Waals surface area contributed by atoms with E-state index in [1.54, 1.807) is 24.3 Å². The van der Waals surface area contributed by atoms with Crippen molar-refractivity contribution < 1.29 is 5.11 Å². The number of rotatable bonds is 6. The Balaban J connectivity index is 1.70. The van der Waals surface area contributed by atoms with E-state index in [1.165, 1.54) is 5.56 Å². The number of imidazole rings is 1. The van der Waals surface area contributed by atoms with Crippen LogP contribution >= 0.6 is 23.4 Å². The van der Waals surface area contributed by atoms with Crippen molar-refractivity contribution in [1.29, 1.82) is 0 Å². The molecule has 1 N–H and O–H groups in total. The molecule has 2 aromatic rings. The summed E-state index contributed by atoms with van der Waals surface area (Å²) in [5, 5.41) is 10.6. The van der Waals surface area contributed by atoms with Crippen molar-refractivity contribution in [3.8, 4) is 0 Å². The Hall–Kier alpha value is -0.970. The van der Waals surface area contributed by atoms with Crippen LogP contribution in [0.3, 0.4) is 0 Å². The smallest absolute Gasteiger partial charge is 0.0946 e. The van der Waals surface area contributed by atoms with Gasteiger partial charge in [0.2, 0.25) is 0 Å². The standard InChI is InChI=1S/C13H15ClN2OS/c14-12-3-1-11(2-4-12)8-18-9-13(17)7-16-6-5-15-10-16/h1-6,10,13,17H,7-9H2. The normalized spacial score (nSPS) is 12.6. The molecule has 0 saturated carbocycles. The van der Waals surface area contributed by atoms with Gasteiger partial charge in [-0.2, -0.15) is 11.8 Å². The lowest BCUT2D eigenvalue weighted by atomic mass is 10.2. The molecule has 1 heterocycles. The first-order valence-corrected chi connectivity index (χ1v) is 7.23. The maximum atomic E-state index is 9.85. The molecule has 1 atom stereocenters. The number of aliphatic hydroxyl groups is 1. The van der Waals surface area contributed by atoms with Crippen molar-refractivity contribution in [3.63, 3.8) is 0 Å². The maximum absolute atomic E-state index is 9.85. The third-order valence-corrected chi connectivity index (χ3v) is 3.88. The highest BCUT2D eigenvalue weighted by molar-refractivity contribution is 7.98. The van der Waals surface area contributed by atoms with Gasteiger partial charge in [-0.05, 0) is 17.7 Å². The van der Waals surface area contributed by atoms with Crippen molar-refractivity contribution in [1.82, 2.24) is 9.55 Å². The molecule has 0 aliphatic carbocycles. The summed E-state index contributed by atoms with van der Waals surface area (Å²) in [7, 11) is 0. The highest BCUT2D eigenvalue weighted by Gasteiger charge is 2.05. The second-order valence-electron chi connectivity index (χ2n) is 4.05. The molecule has 1 aromatic carbocycles. The van der Waals surface area contributed by atoms with E-state index in [0.29, 0.717) is 12.3 Å². The largest absolute Gasteiger partial charge is 0.390 e. The third kappa shape index (κ3) is 4.37. The molecule has 2 rings (SSSR count). The van der Waals surface area contributed by atoms with E-state index in [4.69, 9.17) is 11.6 Å². The minimum Gasteiger partial charge on any atom is -0.390 e. The Bertz CT molecular complexity index is 458. The van der Waals surface area contributed by atoms with Crippen LogP contribution in [-0.2, 0) is 12.3 Å². The number of hydrogen-bond acceptors (Lipinski definition) is 3. The lowest BCUT2D eigenvalue weighted by molar-refractivity contribution is 0.178. The van der Waals surface area contributed by atoms with E-state index in [2.05, 4.69) is 4.98 Å². The molecule has 0 fully saturated rings. The summed E-state index contributed by atoms with van der Waals surface area (Å²) in [6.07, 6.45) is 4.93. The van der Waals surface area contributed by atoms with E-state index < -0.39 is 0 Å². The lowest BCUT2D eigenvalue weighted by Crippen LogP contribution is -2.17. The van der Waals surface area contributed by atoms with Gasteiger partial charge in [-0.1, -0.05) is 23.7 Å². The van der Waals surface area contributed by atoms with E-state index in [-0.39, 0.29) is 6.10 Å². The SMILES string of the molecule is OC(CSCc1ccc(Cl)cc1)Cn1ccnc1. The summed E-state index contributed by atoms with van der Waals surface area (Å²) in [5.74, 6) is 1.60. The van der Waals surface area contributed by atoms with Crippen LogP contribution in [0.15, 0.2) is 43.0 Å². The van der Waals surface area contributed by atoms with Crippen LogP contribution < -0.4 is 0 Å². The zero-order valence-electron chi connectivity index (χ0n) is 9.87. The Morgan fingerprint density at radius 1 is 1.33 bits per heavy atom. The van der Waals surface area contributed by atoms with Gasteiger partial charge in [0.1, 0.15) is 0 Å². The Labute approximate surface area is 116 Å².